The van der Waals surface area contributed by atoms with Crippen LogP contribution in [0.15, 0.2) is 48.5 Å². The first-order valence-corrected chi connectivity index (χ1v) is 7.33. The van der Waals surface area contributed by atoms with E-state index >= 15 is 0 Å². The molecule has 2 rings (SSSR count). The summed E-state index contributed by atoms with van der Waals surface area (Å²) < 4.78 is 24.3. The molecule has 0 aliphatic heterocycles. The highest BCUT2D eigenvalue weighted by molar-refractivity contribution is 5.52. The van der Waals surface area contributed by atoms with Crippen LogP contribution < -0.4 is 9.47 Å². The summed E-state index contributed by atoms with van der Waals surface area (Å²) >= 11 is 0. The summed E-state index contributed by atoms with van der Waals surface area (Å²) in [6.07, 6.45) is 4.75. The largest absolute Gasteiger partial charge is 0.497 e. The van der Waals surface area contributed by atoms with Crippen molar-refractivity contribution in [1.29, 1.82) is 0 Å². The molecule has 22 heavy (non-hydrogen) atoms. The molecule has 1 unspecified atom stereocenters. The fraction of sp³-hybridized carbons (Fsp3) is 0.263. The van der Waals surface area contributed by atoms with Crippen LogP contribution in [0.3, 0.4) is 0 Å². The van der Waals surface area contributed by atoms with Gasteiger partial charge in [0.05, 0.1) is 14.2 Å². The first kappa shape index (κ1) is 16.1. The number of methoxy groups -OCH3 is 2. The van der Waals surface area contributed by atoms with E-state index in [1.54, 1.807) is 26.4 Å². The van der Waals surface area contributed by atoms with Gasteiger partial charge in [-0.05, 0) is 30.2 Å². The third-order valence-electron chi connectivity index (χ3n) is 3.66. The molecule has 0 N–H and O–H groups in total. The molecule has 0 amide bonds. The van der Waals surface area contributed by atoms with E-state index in [1.807, 2.05) is 36.4 Å². The van der Waals surface area contributed by atoms with Crippen molar-refractivity contribution in [3.8, 4) is 11.5 Å². The lowest BCUT2D eigenvalue weighted by Crippen LogP contribution is -1.96. The maximum absolute atomic E-state index is 13.7. The SMILES string of the molecule is CCC(/C=C/c1ccccc1F)c1cc(OC)cc(OC)c1. The second-order valence-corrected chi connectivity index (χ2v) is 5.04. The predicted molar refractivity (Wildman–Crippen MR) is 88.0 cm³/mol. The van der Waals surface area contributed by atoms with Crippen LogP contribution in [0.2, 0.25) is 0 Å². The van der Waals surface area contributed by atoms with Crippen LogP contribution in [0.25, 0.3) is 6.08 Å². The summed E-state index contributed by atoms with van der Waals surface area (Å²) in [7, 11) is 3.27. The molecule has 0 aromatic heterocycles. The molecule has 0 bridgehead atoms. The maximum atomic E-state index is 13.7. The van der Waals surface area contributed by atoms with E-state index in [4.69, 9.17) is 9.47 Å². The molecule has 2 nitrogen and oxygen atoms in total. The van der Waals surface area contributed by atoms with Gasteiger partial charge in [0, 0.05) is 17.5 Å². The Morgan fingerprint density at radius 1 is 1.05 bits per heavy atom. The van der Waals surface area contributed by atoms with Crippen molar-refractivity contribution in [2.75, 3.05) is 14.2 Å². The third kappa shape index (κ3) is 3.88. The third-order valence-corrected chi connectivity index (χ3v) is 3.66. The minimum absolute atomic E-state index is 0.170. The normalized spacial score (nSPS) is 12.4. The maximum Gasteiger partial charge on any atom is 0.130 e. The van der Waals surface area contributed by atoms with Crippen LogP contribution in [0.1, 0.15) is 30.4 Å². The number of rotatable bonds is 6. The van der Waals surface area contributed by atoms with Gasteiger partial charge in [0.15, 0.2) is 0 Å². The van der Waals surface area contributed by atoms with Crippen LogP contribution in [0.4, 0.5) is 4.39 Å². The van der Waals surface area contributed by atoms with Gasteiger partial charge in [0.2, 0.25) is 0 Å². The first-order chi connectivity index (χ1) is 10.7. The zero-order chi connectivity index (χ0) is 15.9. The van der Waals surface area contributed by atoms with Crippen LogP contribution in [0, 0.1) is 5.82 Å². The summed E-state index contributed by atoms with van der Waals surface area (Å²) in [6.45, 7) is 2.10. The van der Waals surface area contributed by atoms with Crippen LogP contribution in [-0.2, 0) is 0 Å². The van der Waals surface area contributed by atoms with E-state index in [9.17, 15) is 4.39 Å². The minimum Gasteiger partial charge on any atom is -0.497 e. The number of benzene rings is 2. The second-order valence-electron chi connectivity index (χ2n) is 5.04. The van der Waals surface area contributed by atoms with Crippen LogP contribution >= 0.6 is 0 Å². The van der Waals surface area contributed by atoms with E-state index in [-0.39, 0.29) is 11.7 Å². The lowest BCUT2D eigenvalue weighted by molar-refractivity contribution is 0.393. The summed E-state index contributed by atoms with van der Waals surface area (Å²) in [4.78, 5) is 0. The van der Waals surface area contributed by atoms with E-state index in [1.165, 1.54) is 6.07 Å². The molecular weight excluding hydrogens is 279 g/mol. The monoisotopic (exact) mass is 300 g/mol. The lowest BCUT2D eigenvalue weighted by atomic mass is 9.94. The fourth-order valence-corrected chi connectivity index (χ4v) is 2.36. The molecule has 2 aromatic rings. The molecule has 0 radical (unpaired) electrons. The van der Waals surface area contributed by atoms with Gasteiger partial charge in [-0.15, -0.1) is 0 Å². The molecule has 0 aliphatic carbocycles. The average molecular weight is 300 g/mol. The topological polar surface area (TPSA) is 18.5 Å². The van der Waals surface area contributed by atoms with Gasteiger partial charge in [-0.1, -0.05) is 37.3 Å². The van der Waals surface area contributed by atoms with Crippen molar-refractivity contribution >= 4 is 6.08 Å². The van der Waals surface area contributed by atoms with Crippen LogP contribution in [0.5, 0.6) is 11.5 Å². The molecule has 2 aromatic carbocycles. The molecule has 0 fully saturated rings. The fourth-order valence-electron chi connectivity index (χ4n) is 2.36. The molecule has 0 spiro atoms. The highest BCUT2D eigenvalue weighted by Crippen LogP contribution is 2.30. The summed E-state index contributed by atoms with van der Waals surface area (Å²) in [5, 5.41) is 0. The van der Waals surface area contributed by atoms with Crippen molar-refractivity contribution < 1.29 is 13.9 Å². The summed E-state index contributed by atoms with van der Waals surface area (Å²) in [5.41, 5.74) is 1.68. The molecule has 0 heterocycles. The summed E-state index contributed by atoms with van der Waals surface area (Å²) in [6, 6.07) is 12.6. The first-order valence-electron chi connectivity index (χ1n) is 7.33. The highest BCUT2D eigenvalue weighted by Gasteiger charge is 2.10. The number of halogens is 1. The zero-order valence-electron chi connectivity index (χ0n) is 13.2. The van der Waals surface area contributed by atoms with Gasteiger partial charge >= 0.3 is 0 Å². The molecule has 1 atom stereocenters. The van der Waals surface area contributed by atoms with Crippen LogP contribution in [-0.4, -0.2) is 14.2 Å². The molecule has 0 saturated carbocycles. The Hall–Kier alpha value is -2.29. The number of allylic oxidation sites excluding steroid dienone is 1. The Morgan fingerprint density at radius 3 is 2.23 bits per heavy atom. The minimum atomic E-state index is -0.211. The molecular formula is C19H21FO2. The smallest absolute Gasteiger partial charge is 0.130 e. The van der Waals surface area contributed by atoms with Crippen molar-refractivity contribution in [3.63, 3.8) is 0 Å². The number of hydrogen-bond donors (Lipinski definition) is 0. The van der Waals surface area contributed by atoms with E-state index in [0.29, 0.717) is 5.56 Å². The molecule has 0 saturated heterocycles. The standard InChI is InChI=1S/C19H21FO2/c1-4-14(9-10-15-7-5-6-8-19(15)20)16-11-17(21-2)13-18(12-16)22-3/h5-14H,4H2,1-3H3/b10-9+. The molecule has 116 valence electrons. The van der Waals surface area contributed by atoms with E-state index in [2.05, 4.69) is 6.92 Å². The number of hydrogen-bond acceptors (Lipinski definition) is 2. The van der Waals surface area contributed by atoms with Gasteiger partial charge < -0.3 is 9.47 Å². The van der Waals surface area contributed by atoms with E-state index < -0.39 is 0 Å². The molecule has 0 aliphatic rings. The van der Waals surface area contributed by atoms with Gasteiger partial charge in [-0.25, -0.2) is 4.39 Å². The van der Waals surface area contributed by atoms with Crippen molar-refractivity contribution in [2.24, 2.45) is 0 Å². The highest BCUT2D eigenvalue weighted by atomic mass is 19.1. The Kier molecular flexibility index (Phi) is 5.59. The van der Waals surface area contributed by atoms with E-state index in [0.717, 1.165) is 23.5 Å². The van der Waals surface area contributed by atoms with Gasteiger partial charge in [0.1, 0.15) is 17.3 Å². The Bertz CT molecular complexity index is 627. The Balaban J connectivity index is 2.30. The Morgan fingerprint density at radius 2 is 1.68 bits per heavy atom. The predicted octanol–water partition coefficient (Wildman–Crippen LogP) is 5.05. The number of ether oxygens (including phenoxy) is 2. The van der Waals surface area contributed by atoms with Crippen molar-refractivity contribution in [1.82, 2.24) is 0 Å². The van der Waals surface area contributed by atoms with Gasteiger partial charge in [-0.2, -0.15) is 0 Å². The van der Waals surface area contributed by atoms with Gasteiger partial charge in [0.25, 0.3) is 0 Å². The quantitative estimate of drug-likeness (QED) is 0.743. The summed E-state index contributed by atoms with van der Waals surface area (Å²) in [5.74, 6) is 1.47. The second kappa shape index (κ2) is 7.64. The van der Waals surface area contributed by atoms with Gasteiger partial charge in [-0.3, -0.25) is 0 Å². The molecule has 3 heteroatoms. The zero-order valence-corrected chi connectivity index (χ0v) is 13.2. The lowest BCUT2D eigenvalue weighted by Gasteiger charge is -2.14. The van der Waals surface area contributed by atoms with Crippen molar-refractivity contribution in [3.05, 3.63) is 65.5 Å². The van der Waals surface area contributed by atoms with Crippen molar-refractivity contribution in [2.45, 2.75) is 19.3 Å². The Labute approximate surface area is 131 Å². The average Bonchev–Trinajstić information content (AvgIpc) is 2.56.